The Balaban J connectivity index is 2.53. The Hall–Kier alpha value is -1.45. The van der Waals surface area contributed by atoms with E-state index >= 15 is 0 Å². The third kappa shape index (κ3) is 3.00. The molecule has 1 aromatic carbocycles. The Morgan fingerprint density at radius 1 is 1.25 bits per heavy atom. The fourth-order valence-corrected chi connectivity index (χ4v) is 2.64. The molecule has 3 nitrogen and oxygen atoms in total. The van der Waals surface area contributed by atoms with E-state index in [0.717, 1.165) is 34.9 Å². The Bertz CT molecular complexity index is 592. The highest BCUT2D eigenvalue weighted by atomic mass is 35.5. The molecule has 0 aliphatic carbocycles. The lowest BCUT2D eigenvalue weighted by molar-refractivity contribution is 0.403. The molecule has 108 valence electrons. The van der Waals surface area contributed by atoms with Crippen molar-refractivity contribution in [2.75, 3.05) is 13.7 Å². The van der Waals surface area contributed by atoms with Crippen molar-refractivity contribution in [1.29, 1.82) is 0 Å². The molecule has 0 fully saturated rings. The molecule has 0 saturated carbocycles. The van der Waals surface area contributed by atoms with Crippen LogP contribution in [0.5, 0.6) is 5.75 Å². The lowest BCUT2D eigenvalue weighted by Gasteiger charge is -2.20. The van der Waals surface area contributed by atoms with Gasteiger partial charge >= 0.3 is 0 Å². The number of hydrogen-bond acceptors (Lipinski definition) is 3. The maximum atomic E-state index is 6.14. The largest absolute Gasteiger partial charge is 0.496 e. The first kappa shape index (κ1) is 14.9. The van der Waals surface area contributed by atoms with E-state index in [1.807, 2.05) is 32.0 Å². The molecule has 0 aliphatic rings. The van der Waals surface area contributed by atoms with Crippen molar-refractivity contribution in [3.63, 3.8) is 0 Å². The van der Waals surface area contributed by atoms with Crippen LogP contribution in [0.3, 0.4) is 0 Å². The van der Waals surface area contributed by atoms with Gasteiger partial charge in [-0.1, -0.05) is 18.5 Å². The second kappa shape index (κ2) is 6.33. The van der Waals surface area contributed by atoms with E-state index in [2.05, 4.69) is 18.3 Å². The molecule has 1 atom stereocenters. The van der Waals surface area contributed by atoms with Crippen molar-refractivity contribution in [3.05, 3.63) is 51.9 Å². The molecule has 0 bridgehead atoms. The van der Waals surface area contributed by atoms with Gasteiger partial charge in [0.1, 0.15) is 17.3 Å². The normalized spacial score (nSPS) is 12.4. The topological polar surface area (TPSA) is 34.4 Å². The Morgan fingerprint density at radius 2 is 2.00 bits per heavy atom. The average molecular weight is 294 g/mol. The second-order valence-electron chi connectivity index (χ2n) is 4.75. The summed E-state index contributed by atoms with van der Waals surface area (Å²) >= 11 is 6.14. The van der Waals surface area contributed by atoms with Crippen molar-refractivity contribution >= 4 is 11.6 Å². The van der Waals surface area contributed by atoms with Crippen LogP contribution in [-0.2, 0) is 0 Å². The highest BCUT2D eigenvalue weighted by Gasteiger charge is 2.22. The smallest absolute Gasteiger partial charge is 0.124 e. The summed E-state index contributed by atoms with van der Waals surface area (Å²) in [5.74, 6) is 2.63. The molecule has 1 aromatic heterocycles. The average Bonchev–Trinajstić information content (AvgIpc) is 2.75. The zero-order chi connectivity index (χ0) is 14.7. The van der Waals surface area contributed by atoms with Crippen LogP contribution in [0.25, 0.3) is 0 Å². The van der Waals surface area contributed by atoms with E-state index in [-0.39, 0.29) is 6.04 Å². The molecule has 0 radical (unpaired) electrons. The molecule has 0 amide bonds. The number of nitrogens with one attached hydrogen (secondary N) is 1. The fraction of sp³-hybridized carbons (Fsp3) is 0.375. The van der Waals surface area contributed by atoms with Gasteiger partial charge in [0.15, 0.2) is 0 Å². The van der Waals surface area contributed by atoms with Crippen LogP contribution in [0, 0.1) is 13.8 Å². The van der Waals surface area contributed by atoms with Gasteiger partial charge in [0.05, 0.1) is 13.2 Å². The summed E-state index contributed by atoms with van der Waals surface area (Å²) in [4.78, 5) is 0. The monoisotopic (exact) mass is 293 g/mol. The number of benzene rings is 1. The Labute approximate surface area is 124 Å². The predicted octanol–water partition coefficient (Wildman–Crippen LogP) is 4.26. The minimum Gasteiger partial charge on any atom is -0.496 e. The molecular formula is C16H20ClNO2. The summed E-state index contributed by atoms with van der Waals surface area (Å²) in [6.45, 7) is 6.84. The molecule has 0 saturated heterocycles. The third-order valence-corrected chi connectivity index (χ3v) is 3.54. The first-order valence-corrected chi connectivity index (χ1v) is 7.08. The fourth-order valence-electron chi connectivity index (χ4n) is 2.46. The number of furan rings is 1. The van der Waals surface area contributed by atoms with E-state index in [1.54, 1.807) is 7.11 Å². The zero-order valence-electron chi connectivity index (χ0n) is 12.3. The van der Waals surface area contributed by atoms with E-state index in [9.17, 15) is 0 Å². The highest BCUT2D eigenvalue weighted by Crippen LogP contribution is 2.34. The zero-order valence-corrected chi connectivity index (χ0v) is 13.0. The highest BCUT2D eigenvalue weighted by molar-refractivity contribution is 6.30. The van der Waals surface area contributed by atoms with Crippen molar-refractivity contribution in [3.8, 4) is 5.75 Å². The van der Waals surface area contributed by atoms with Gasteiger partial charge in [0, 0.05) is 16.1 Å². The summed E-state index contributed by atoms with van der Waals surface area (Å²) in [7, 11) is 1.67. The van der Waals surface area contributed by atoms with Gasteiger partial charge in [0.2, 0.25) is 0 Å². The molecular weight excluding hydrogens is 274 g/mol. The first-order chi connectivity index (χ1) is 9.56. The van der Waals surface area contributed by atoms with Crippen LogP contribution in [0.4, 0.5) is 0 Å². The molecule has 4 heteroatoms. The van der Waals surface area contributed by atoms with Gasteiger partial charge in [-0.3, -0.25) is 0 Å². The standard InChI is InChI=1S/C16H20ClNO2/c1-5-18-16(13-8-10(2)20-11(13)3)14-9-12(17)6-7-15(14)19-4/h6-9,16,18H,5H2,1-4H3. The third-order valence-electron chi connectivity index (χ3n) is 3.30. The molecule has 2 aromatic rings. The summed E-state index contributed by atoms with van der Waals surface area (Å²) < 4.78 is 11.1. The van der Waals surface area contributed by atoms with Gasteiger partial charge in [-0.2, -0.15) is 0 Å². The van der Waals surface area contributed by atoms with Crippen LogP contribution < -0.4 is 10.1 Å². The maximum Gasteiger partial charge on any atom is 0.124 e. The molecule has 2 rings (SSSR count). The van der Waals surface area contributed by atoms with Gasteiger partial charge in [0.25, 0.3) is 0 Å². The van der Waals surface area contributed by atoms with Crippen LogP contribution >= 0.6 is 11.6 Å². The van der Waals surface area contributed by atoms with E-state index in [0.29, 0.717) is 5.02 Å². The van der Waals surface area contributed by atoms with Crippen LogP contribution in [-0.4, -0.2) is 13.7 Å². The first-order valence-electron chi connectivity index (χ1n) is 6.70. The lowest BCUT2D eigenvalue weighted by atomic mass is 9.98. The molecule has 0 spiro atoms. The Morgan fingerprint density at radius 3 is 2.55 bits per heavy atom. The number of hydrogen-bond donors (Lipinski definition) is 1. The van der Waals surface area contributed by atoms with Crippen molar-refractivity contribution in [1.82, 2.24) is 5.32 Å². The van der Waals surface area contributed by atoms with E-state index in [4.69, 9.17) is 20.8 Å². The molecule has 0 aliphatic heterocycles. The number of aryl methyl sites for hydroxylation is 2. The van der Waals surface area contributed by atoms with Crippen LogP contribution in [0.2, 0.25) is 5.02 Å². The summed E-state index contributed by atoms with van der Waals surface area (Å²) in [5.41, 5.74) is 2.13. The van der Waals surface area contributed by atoms with Gasteiger partial charge in [-0.25, -0.2) is 0 Å². The van der Waals surface area contributed by atoms with Crippen molar-refractivity contribution < 1.29 is 9.15 Å². The van der Waals surface area contributed by atoms with E-state index < -0.39 is 0 Å². The quantitative estimate of drug-likeness (QED) is 0.894. The van der Waals surface area contributed by atoms with Gasteiger partial charge < -0.3 is 14.5 Å². The summed E-state index contributed by atoms with van der Waals surface area (Å²) in [6.07, 6.45) is 0. The molecule has 1 N–H and O–H groups in total. The number of ether oxygens (including phenoxy) is 1. The molecule has 20 heavy (non-hydrogen) atoms. The molecule has 1 heterocycles. The number of halogens is 1. The predicted molar refractivity (Wildman–Crippen MR) is 81.7 cm³/mol. The maximum absolute atomic E-state index is 6.14. The minimum atomic E-state index is 0.00565. The second-order valence-corrected chi connectivity index (χ2v) is 5.18. The van der Waals surface area contributed by atoms with Crippen molar-refractivity contribution in [2.45, 2.75) is 26.8 Å². The van der Waals surface area contributed by atoms with Crippen molar-refractivity contribution in [2.24, 2.45) is 0 Å². The number of rotatable bonds is 5. The summed E-state index contributed by atoms with van der Waals surface area (Å²) in [6, 6.07) is 7.73. The van der Waals surface area contributed by atoms with Crippen LogP contribution in [0.1, 0.15) is 35.6 Å². The minimum absolute atomic E-state index is 0.00565. The van der Waals surface area contributed by atoms with Crippen LogP contribution in [0.15, 0.2) is 28.7 Å². The lowest BCUT2D eigenvalue weighted by Crippen LogP contribution is -2.22. The number of methoxy groups -OCH3 is 1. The van der Waals surface area contributed by atoms with E-state index in [1.165, 1.54) is 0 Å². The SMILES string of the molecule is CCNC(c1cc(Cl)ccc1OC)c1cc(C)oc1C. The summed E-state index contributed by atoms with van der Waals surface area (Å²) in [5, 5.41) is 4.17. The van der Waals surface area contributed by atoms with Gasteiger partial charge in [-0.15, -0.1) is 0 Å². The van der Waals surface area contributed by atoms with Gasteiger partial charge in [-0.05, 0) is 44.7 Å². The Kier molecular flexibility index (Phi) is 4.73. The molecule has 1 unspecified atom stereocenters.